The lowest BCUT2D eigenvalue weighted by Crippen LogP contribution is -2.00. The maximum absolute atomic E-state index is 5.23. The third-order valence-corrected chi connectivity index (χ3v) is 24.1. The maximum atomic E-state index is 5.23. The molecule has 0 N–H and O–H groups in total. The molecule has 8 heteroatoms. The molecule has 23 aromatic rings. The Morgan fingerprint density at radius 1 is 0.131 bits per heavy atom. The summed E-state index contributed by atoms with van der Waals surface area (Å²) in [4.78, 5) is 40.9. The van der Waals surface area contributed by atoms with Crippen LogP contribution in [-0.4, -0.2) is 39.9 Å². The van der Waals surface area contributed by atoms with Gasteiger partial charge in [0.15, 0.2) is 34.9 Å². The molecule has 122 heavy (non-hydrogen) atoms. The van der Waals surface area contributed by atoms with Gasteiger partial charge in [-0.1, -0.05) is 370 Å². The summed E-state index contributed by atoms with van der Waals surface area (Å²) in [5, 5.41) is 16.7. The number of rotatable bonds is 14. The number of benzene rings is 19. The Morgan fingerprint density at radius 2 is 0.418 bits per heavy atom. The van der Waals surface area contributed by atoms with Gasteiger partial charge in [0.1, 0.15) is 0 Å². The maximum Gasteiger partial charge on any atom is 0.164 e. The fourth-order valence-electron chi connectivity index (χ4n) is 18.1. The fraction of sp³-hybridized carbons (Fsp3) is 0. The van der Waals surface area contributed by atoms with Crippen LogP contribution in [0.1, 0.15) is 0 Å². The summed E-state index contributed by atoms with van der Waals surface area (Å²) >= 11 is 0. The van der Waals surface area contributed by atoms with Crippen molar-refractivity contribution in [2.24, 2.45) is 0 Å². The van der Waals surface area contributed by atoms with Gasteiger partial charge >= 0.3 is 0 Å². The predicted octanol–water partition coefficient (Wildman–Crippen LogP) is 29.4. The summed E-state index contributed by atoms with van der Waals surface area (Å²) < 4.78 is 0. The molecule has 0 unspecified atom stereocenters. The first kappa shape index (κ1) is 70.9. The van der Waals surface area contributed by atoms with Gasteiger partial charge in [-0.25, -0.2) is 29.9 Å². The van der Waals surface area contributed by atoms with Crippen molar-refractivity contribution in [1.29, 1.82) is 0 Å². The van der Waals surface area contributed by atoms with E-state index in [2.05, 4.69) is 358 Å². The summed E-state index contributed by atoms with van der Waals surface area (Å²) in [6, 6.07) is 147. The number of fused-ring (bicyclic) bond motifs is 14. The van der Waals surface area contributed by atoms with E-state index >= 15 is 0 Å². The molecule has 8 nitrogen and oxygen atoms in total. The van der Waals surface area contributed by atoms with Gasteiger partial charge in [-0.05, 0) is 185 Å². The van der Waals surface area contributed by atoms with Crippen LogP contribution in [0.4, 0.5) is 0 Å². The standard InChI is InChI=1S/C114H70N8/c1-5-22-71(23-6-1)87-67-100(105-97-36-17-15-33-93(97)92-32-13-14-34-94(92)103(105)69-87)77-45-41-73(42-46-77)74-43-53-82(54-44-74)111-117-109(80-26-9-3-10-27-80)118-113(121-111)84-57-49-76(50-58-84)91-39-20-40-99-89(63-65-116-108(91)99)86-61-62-96-102(66-86)95-35-16-18-37-98(95)106-101(68-88(70-104(96)106)72-24-7-2-8-25-72)78-51-59-85(60-52-78)114-120-110(81-28-11-4-12-29-81)119-112(122-114)83-55-47-75(48-56-83)90-38-19-30-79-31-21-64-115-107(79)90/h1-70H. The molecule has 0 fully saturated rings. The summed E-state index contributed by atoms with van der Waals surface area (Å²) in [7, 11) is 0. The highest BCUT2D eigenvalue weighted by Gasteiger charge is 2.23. The third-order valence-electron chi connectivity index (χ3n) is 24.1. The molecule has 0 aliphatic heterocycles. The summed E-state index contributed by atoms with van der Waals surface area (Å²) in [6.45, 7) is 0. The Kier molecular flexibility index (Phi) is 17.4. The van der Waals surface area contributed by atoms with Crippen molar-refractivity contribution < 1.29 is 0 Å². The lowest BCUT2D eigenvalue weighted by Gasteiger charge is -2.18. The highest BCUT2D eigenvalue weighted by molar-refractivity contribution is 6.31. The first-order valence-electron chi connectivity index (χ1n) is 41.2. The van der Waals surface area contributed by atoms with Gasteiger partial charge in [0.2, 0.25) is 0 Å². The van der Waals surface area contributed by atoms with Gasteiger partial charge in [0, 0.05) is 67.7 Å². The van der Waals surface area contributed by atoms with E-state index < -0.39 is 0 Å². The number of pyridine rings is 2. The Morgan fingerprint density at radius 3 is 0.861 bits per heavy atom. The van der Waals surface area contributed by atoms with Crippen LogP contribution >= 0.6 is 0 Å². The monoisotopic (exact) mass is 1550 g/mol. The topological polar surface area (TPSA) is 103 Å². The van der Waals surface area contributed by atoms with E-state index in [9.17, 15) is 0 Å². The number of nitrogens with zero attached hydrogens (tertiary/aromatic N) is 8. The van der Waals surface area contributed by atoms with E-state index in [1.54, 1.807) is 0 Å². The molecule has 0 aliphatic rings. The summed E-state index contributed by atoms with van der Waals surface area (Å²) in [5.74, 6) is 3.57. The molecule has 4 heterocycles. The molecule has 23 rings (SSSR count). The van der Waals surface area contributed by atoms with E-state index in [0.29, 0.717) is 34.9 Å². The lowest BCUT2D eigenvalue weighted by molar-refractivity contribution is 1.07. The second-order valence-electron chi connectivity index (χ2n) is 31.2. The van der Waals surface area contributed by atoms with Gasteiger partial charge < -0.3 is 0 Å². The lowest BCUT2D eigenvalue weighted by atomic mass is 9.86. The molecule has 0 aliphatic carbocycles. The minimum atomic E-state index is 0.584. The van der Waals surface area contributed by atoms with E-state index in [4.69, 9.17) is 39.9 Å². The summed E-state index contributed by atoms with van der Waals surface area (Å²) in [6.07, 6.45) is 3.80. The zero-order chi connectivity index (χ0) is 80.6. The van der Waals surface area contributed by atoms with Crippen LogP contribution in [0.25, 0.3) is 244 Å². The molecular weight excluding hydrogens is 1480 g/mol. The Hall–Kier alpha value is -16.4. The van der Waals surface area contributed by atoms with Crippen LogP contribution in [0, 0.1) is 0 Å². The molecule has 566 valence electrons. The molecular formula is C114H70N8. The molecule has 0 saturated carbocycles. The molecule has 0 amide bonds. The largest absolute Gasteiger partial charge is 0.256 e. The van der Waals surface area contributed by atoms with Crippen LogP contribution in [0.5, 0.6) is 0 Å². The van der Waals surface area contributed by atoms with E-state index in [1.807, 2.05) is 67.0 Å². The van der Waals surface area contributed by atoms with Crippen LogP contribution < -0.4 is 0 Å². The van der Waals surface area contributed by atoms with Gasteiger partial charge in [-0.3, -0.25) is 9.97 Å². The van der Waals surface area contributed by atoms with Gasteiger partial charge in [0.05, 0.1) is 11.0 Å². The smallest absolute Gasteiger partial charge is 0.164 e. The third kappa shape index (κ3) is 12.7. The normalized spacial score (nSPS) is 11.6. The second-order valence-corrected chi connectivity index (χ2v) is 31.2. The van der Waals surface area contributed by atoms with Crippen molar-refractivity contribution in [3.05, 3.63) is 425 Å². The van der Waals surface area contributed by atoms with Crippen molar-refractivity contribution in [3.8, 4) is 157 Å². The van der Waals surface area contributed by atoms with Crippen molar-refractivity contribution >= 4 is 86.4 Å². The van der Waals surface area contributed by atoms with Gasteiger partial charge in [-0.2, -0.15) is 0 Å². The van der Waals surface area contributed by atoms with Crippen molar-refractivity contribution in [2.75, 3.05) is 0 Å². The van der Waals surface area contributed by atoms with E-state index in [1.165, 1.54) is 81.3 Å². The SMILES string of the molecule is c1ccc(-c2cc(-c3ccc(-c4ccc(-c5nc(-c6ccccc6)nc(-c6ccc(-c7cccc8c(-c9ccc%10c(c9)c9ccccc9c9c(-c%11ccc(-c%12nc(-c%13ccccc%13)nc(-c%13ccc(-c%14cccc%15cccnc%14%15)cc%13)n%12)cc%11)cc(-c%11ccccc%11)cc%109)ccnc78)cc6)n5)cc4)cc3)c3c4ccccc4c4ccccc4c3c2)cc1. The number of hydrogen-bond acceptors (Lipinski definition) is 8. The van der Waals surface area contributed by atoms with Crippen LogP contribution in [-0.2, 0) is 0 Å². The van der Waals surface area contributed by atoms with E-state index in [0.717, 1.165) is 128 Å². The molecule has 19 aromatic carbocycles. The number of hydrogen-bond donors (Lipinski definition) is 0. The minimum absolute atomic E-state index is 0.584. The van der Waals surface area contributed by atoms with Crippen LogP contribution in [0.15, 0.2) is 425 Å². The Labute approximate surface area is 703 Å². The molecule has 0 radical (unpaired) electrons. The number of para-hydroxylation sites is 2. The molecule has 4 aromatic heterocycles. The molecule has 0 saturated heterocycles. The van der Waals surface area contributed by atoms with Crippen molar-refractivity contribution in [1.82, 2.24) is 39.9 Å². The first-order chi connectivity index (χ1) is 60.4. The number of aromatic nitrogens is 8. The highest BCUT2D eigenvalue weighted by Crippen LogP contribution is 2.48. The zero-order valence-electron chi connectivity index (χ0n) is 66.0. The Bertz CT molecular complexity index is 8040. The molecule has 0 bridgehead atoms. The van der Waals surface area contributed by atoms with Crippen LogP contribution in [0.2, 0.25) is 0 Å². The van der Waals surface area contributed by atoms with Gasteiger partial charge in [0.25, 0.3) is 0 Å². The minimum Gasteiger partial charge on any atom is -0.256 e. The Balaban J connectivity index is 0.560. The molecule has 0 spiro atoms. The summed E-state index contributed by atoms with van der Waals surface area (Å²) in [5.41, 5.74) is 25.1. The van der Waals surface area contributed by atoms with Crippen molar-refractivity contribution in [3.63, 3.8) is 0 Å². The first-order valence-corrected chi connectivity index (χ1v) is 41.2. The highest BCUT2D eigenvalue weighted by atomic mass is 15.0. The van der Waals surface area contributed by atoms with Gasteiger partial charge in [-0.15, -0.1) is 0 Å². The zero-order valence-corrected chi connectivity index (χ0v) is 66.0. The molecule has 0 atom stereocenters. The fourth-order valence-corrected chi connectivity index (χ4v) is 18.1. The van der Waals surface area contributed by atoms with E-state index in [-0.39, 0.29) is 0 Å². The second kappa shape index (κ2) is 29.9. The average Bonchev–Trinajstić information content (AvgIpc) is 0.730. The predicted molar refractivity (Wildman–Crippen MR) is 505 cm³/mol. The quantitative estimate of drug-likeness (QED) is 0.0992. The van der Waals surface area contributed by atoms with Crippen molar-refractivity contribution in [2.45, 2.75) is 0 Å². The van der Waals surface area contributed by atoms with Crippen LogP contribution in [0.3, 0.4) is 0 Å². The average molecular weight is 1550 g/mol.